The molecule has 17 heavy (non-hydrogen) atoms. The maximum absolute atomic E-state index is 12.3. The molecule has 1 aromatic heterocycles. The van der Waals surface area contributed by atoms with Gasteiger partial charge in [-0.05, 0) is 32.2 Å². The minimum Gasteiger partial charge on any atom is -0.330 e. The summed E-state index contributed by atoms with van der Waals surface area (Å²) in [7, 11) is -3.38. The van der Waals surface area contributed by atoms with Gasteiger partial charge in [-0.3, -0.25) is 5.10 Å². The van der Waals surface area contributed by atoms with Gasteiger partial charge in [-0.1, -0.05) is 0 Å². The summed E-state index contributed by atoms with van der Waals surface area (Å²) in [5.74, 6) is 0. The first-order chi connectivity index (χ1) is 8.16. The molecule has 1 aliphatic rings. The predicted molar refractivity (Wildman–Crippen MR) is 63.8 cm³/mol. The Labute approximate surface area is 101 Å². The largest absolute Gasteiger partial charge is 0.330 e. The standard InChI is InChI=1S/C10H18N4O2S/c11-5-1-3-9-4-2-6-14(9)17(15,16)10-7-12-13-8-10/h7-9H,1-6,11H2,(H,12,13). The molecule has 0 radical (unpaired) electrons. The number of H-pyrrole nitrogens is 1. The molecule has 0 aromatic carbocycles. The van der Waals surface area contributed by atoms with Crippen LogP contribution in [0.5, 0.6) is 0 Å². The van der Waals surface area contributed by atoms with E-state index in [-0.39, 0.29) is 10.9 Å². The zero-order valence-electron chi connectivity index (χ0n) is 9.67. The Hall–Kier alpha value is -0.920. The van der Waals surface area contributed by atoms with Crippen molar-refractivity contribution in [2.75, 3.05) is 13.1 Å². The van der Waals surface area contributed by atoms with Gasteiger partial charge >= 0.3 is 0 Å². The molecular weight excluding hydrogens is 240 g/mol. The molecule has 1 fully saturated rings. The van der Waals surface area contributed by atoms with E-state index < -0.39 is 10.0 Å². The summed E-state index contributed by atoms with van der Waals surface area (Å²) >= 11 is 0. The van der Waals surface area contributed by atoms with Gasteiger partial charge in [-0.25, -0.2) is 8.42 Å². The molecule has 1 aromatic rings. The van der Waals surface area contributed by atoms with E-state index in [4.69, 9.17) is 5.73 Å². The number of hydrogen-bond donors (Lipinski definition) is 2. The van der Waals surface area contributed by atoms with Gasteiger partial charge in [0.15, 0.2) is 0 Å². The molecule has 96 valence electrons. The molecule has 0 saturated carbocycles. The van der Waals surface area contributed by atoms with Crippen LogP contribution in [0, 0.1) is 0 Å². The normalized spacial score (nSPS) is 22.1. The molecule has 1 atom stereocenters. The van der Waals surface area contributed by atoms with Crippen LogP contribution < -0.4 is 5.73 Å². The Morgan fingerprint density at radius 2 is 2.41 bits per heavy atom. The Bertz CT molecular complexity index is 443. The topological polar surface area (TPSA) is 92.1 Å². The number of aromatic amines is 1. The molecular formula is C10H18N4O2S. The Kier molecular flexibility index (Phi) is 3.80. The molecule has 1 saturated heterocycles. The second-order valence-electron chi connectivity index (χ2n) is 4.28. The average Bonchev–Trinajstić information content (AvgIpc) is 2.97. The van der Waals surface area contributed by atoms with Crippen molar-refractivity contribution in [3.05, 3.63) is 12.4 Å². The number of nitrogens with two attached hydrogens (primary N) is 1. The molecule has 7 heteroatoms. The third kappa shape index (κ3) is 2.51. The van der Waals surface area contributed by atoms with Gasteiger partial charge in [0.05, 0.1) is 6.20 Å². The van der Waals surface area contributed by atoms with Crippen molar-refractivity contribution in [3.8, 4) is 0 Å². The lowest BCUT2D eigenvalue weighted by Crippen LogP contribution is -2.35. The second kappa shape index (κ2) is 5.16. The lowest BCUT2D eigenvalue weighted by atomic mass is 10.1. The SMILES string of the molecule is NCCCC1CCCN1S(=O)(=O)c1cn[nH]c1. The summed E-state index contributed by atoms with van der Waals surface area (Å²) in [5, 5.41) is 6.24. The lowest BCUT2D eigenvalue weighted by molar-refractivity contribution is 0.365. The van der Waals surface area contributed by atoms with Crippen LogP contribution in [0.3, 0.4) is 0 Å². The van der Waals surface area contributed by atoms with Crippen molar-refractivity contribution in [2.45, 2.75) is 36.6 Å². The highest BCUT2D eigenvalue weighted by atomic mass is 32.2. The first kappa shape index (κ1) is 12.5. The van der Waals surface area contributed by atoms with Crippen molar-refractivity contribution in [1.82, 2.24) is 14.5 Å². The van der Waals surface area contributed by atoms with Crippen LogP contribution >= 0.6 is 0 Å². The van der Waals surface area contributed by atoms with Crippen LogP contribution in [0.1, 0.15) is 25.7 Å². The number of hydrogen-bond acceptors (Lipinski definition) is 4. The smallest absolute Gasteiger partial charge is 0.246 e. The molecule has 6 nitrogen and oxygen atoms in total. The number of aromatic nitrogens is 2. The van der Waals surface area contributed by atoms with Crippen molar-refractivity contribution in [2.24, 2.45) is 5.73 Å². The van der Waals surface area contributed by atoms with Crippen LogP contribution in [0.15, 0.2) is 17.3 Å². The van der Waals surface area contributed by atoms with Crippen LogP contribution in [0.4, 0.5) is 0 Å². The fourth-order valence-corrected chi connectivity index (χ4v) is 3.91. The summed E-state index contributed by atoms with van der Waals surface area (Å²) < 4.78 is 26.2. The highest BCUT2D eigenvalue weighted by Gasteiger charge is 2.35. The highest BCUT2D eigenvalue weighted by molar-refractivity contribution is 7.89. The highest BCUT2D eigenvalue weighted by Crippen LogP contribution is 2.27. The van der Waals surface area contributed by atoms with E-state index in [1.165, 1.54) is 12.4 Å². The van der Waals surface area contributed by atoms with Gasteiger partial charge in [0.25, 0.3) is 0 Å². The fraction of sp³-hybridized carbons (Fsp3) is 0.700. The van der Waals surface area contributed by atoms with E-state index in [1.807, 2.05) is 0 Å². The lowest BCUT2D eigenvalue weighted by Gasteiger charge is -2.23. The number of rotatable bonds is 5. The van der Waals surface area contributed by atoms with Gasteiger partial charge in [-0.15, -0.1) is 0 Å². The number of nitrogens with zero attached hydrogens (tertiary/aromatic N) is 2. The van der Waals surface area contributed by atoms with Crippen molar-refractivity contribution < 1.29 is 8.42 Å². The molecule has 2 rings (SSSR count). The maximum Gasteiger partial charge on any atom is 0.246 e. The maximum atomic E-state index is 12.3. The molecule has 1 unspecified atom stereocenters. The number of nitrogens with one attached hydrogen (secondary N) is 1. The van der Waals surface area contributed by atoms with Crippen LogP contribution in [0.2, 0.25) is 0 Å². The van der Waals surface area contributed by atoms with Crippen LogP contribution in [-0.2, 0) is 10.0 Å². The third-order valence-corrected chi connectivity index (χ3v) is 5.06. The Balaban J connectivity index is 2.15. The van der Waals surface area contributed by atoms with E-state index >= 15 is 0 Å². The van der Waals surface area contributed by atoms with E-state index in [0.717, 1.165) is 25.7 Å². The van der Waals surface area contributed by atoms with Crippen LogP contribution in [0.25, 0.3) is 0 Å². The average molecular weight is 258 g/mol. The molecule has 2 heterocycles. The molecule has 0 amide bonds. The summed E-state index contributed by atoms with van der Waals surface area (Å²) in [6.07, 6.45) is 6.33. The first-order valence-electron chi connectivity index (χ1n) is 5.87. The summed E-state index contributed by atoms with van der Waals surface area (Å²) in [4.78, 5) is 0.247. The van der Waals surface area contributed by atoms with Crippen molar-refractivity contribution >= 4 is 10.0 Å². The Morgan fingerprint density at radius 3 is 3.06 bits per heavy atom. The van der Waals surface area contributed by atoms with E-state index in [0.29, 0.717) is 13.1 Å². The van der Waals surface area contributed by atoms with Crippen molar-refractivity contribution in [1.29, 1.82) is 0 Å². The first-order valence-corrected chi connectivity index (χ1v) is 7.31. The monoisotopic (exact) mass is 258 g/mol. The van der Waals surface area contributed by atoms with Gasteiger partial charge in [0.1, 0.15) is 4.90 Å². The minimum atomic E-state index is -3.38. The summed E-state index contributed by atoms with van der Waals surface area (Å²) in [6.45, 7) is 1.21. The zero-order chi connectivity index (χ0) is 12.3. The van der Waals surface area contributed by atoms with Crippen molar-refractivity contribution in [3.63, 3.8) is 0 Å². The molecule has 1 aliphatic heterocycles. The molecule has 0 aliphatic carbocycles. The Morgan fingerprint density at radius 1 is 1.59 bits per heavy atom. The molecule has 0 bridgehead atoms. The van der Waals surface area contributed by atoms with E-state index in [2.05, 4.69) is 10.2 Å². The van der Waals surface area contributed by atoms with E-state index in [9.17, 15) is 8.42 Å². The van der Waals surface area contributed by atoms with Gasteiger partial charge < -0.3 is 5.73 Å². The quantitative estimate of drug-likeness (QED) is 0.794. The van der Waals surface area contributed by atoms with Gasteiger partial charge in [-0.2, -0.15) is 9.40 Å². The van der Waals surface area contributed by atoms with Gasteiger partial charge in [0.2, 0.25) is 10.0 Å². The predicted octanol–water partition coefficient (Wildman–Crippen LogP) is 0.302. The molecule has 0 spiro atoms. The van der Waals surface area contributed by atoms with Crippen LogP contribution in [-0.4, -0.2) is 42.1 Å². The third-order valence-electron chi connectivity index (χ3n) is 3.14. The molecule has 3 N–H and O–H groups in total. The minimum absolute atomic E-state index is 0.0958. The summed E-state index contributed by atoms with van der Waals surface area (Å²) in [6, 6.07) is 0.0958. The van der Waals surface area contributed by atoms with E-state index in [1.54, 1.807) is 4.31 Å². The zero-order valence-corrected chi connectivity index (χ0v) is 10.5. The fourth-order valence-electron chi connectivity index (χ4n) is 2.28. The van der Waals surface area contributed by atoms with Gasteiger partial charge in [0, 0.05) is 18.8 Å². The number of sulfonamides is 1. The second-order valence-corrected chi connectivity index (χ2v) is 6.17. The summed E-state index contributed by atoms with van der Waals surface area (Å²) in [5.41, 5.74) is 5.47.